The average molecular weight is 251 g/mol. The van der Waals surface area contributed by atoms with Gasteiger partial charge in [-0.3, -0.25) is 4.79 Å². The number of nitrogens with one attached hydrogen (secondary N) is 1. The molecule has 0 radical (unpaired) electrons. The lowest BCUT2D eigenvalue weighted by molar-refractivity contribution is 0.232. The molecule has 0 spiro atoms. The largest absolute Gasteiger partial charge is 0.314 e. The van der Waals surface area contributed by atoms with Crippen LogP contribution in [0.1, 0.15) is 13.8 Å². The van der Waals surface area contributed by atoms with Gasteiger partial charge in [0.15, 0.2) is 0 Å². The second kappa shape index (κ2) is 6.71. The van der Waals surface area contributed by atoms with Gasteiger partial charge in [0.05, 0.1) is 0 Å². The molecule has 102 valence electrons. The molecule has 0 aliphatic heterocycles. The van der Waals surface area contributed by atoms with E-state index in [4.69, 9.17) is 0 Å². The highest BCUT2D eigenvalue weighted by atomic mass is 16.1. The first-order chi connectivity index (χ1) is 8.41. The lowest BCUT2D eigenvalue weighted by Crippen LogP contribution is -2.39. The maximum Gasteiger partial charge on any atom is 0.250 e. The van der Waals surface area contributed by atoms with Gasteiger partial charge in [0.2, 0.25) is 0 Å². The van der Waals surface area contributed by atoms with Crippen molar-refractivity contribution < 1.29 is 0 Å². The van der Waals surface area contributed by atoms with Crippen LogP contribution in [0, 0.1) is 5.41 Å². The van der Waals surface area contributed by atoms with Crippen LogP contribution >= 0.6 is 0 Å². The third-order valence-corrected chi connectivity index (χ3v) is 2.78. The number of nitrogens with zero attached hydrogens (tertiary/aromatic N) is 2. The fraction of sp³-hybridized carbons (Fsp3) is 0.643. The summed E-state index contributed by atoms with van der Waals surface area (Å²) in [5, 5.41) is 3.42. The molecular weight excluding hydrogens is 226 g/mol. The van der Waals surface area contributed by atoms with E-state index < -0.39 is 0 Å². The van der Waals surface area contributed by atoms with E-state index in [1.807, 2.05) is 12.3 Å². The van der Waals surface area contributed by atoms with Gasteiger partial charge in [-0.2, -0.15) is 0 Å². The zero-order valence-electron chi connectivity index (χ0n) is 11.9. The Bertz CT molecular complexity index is 410. The molecule has 0 aliphatic rings. The van der Waals surface area contributed by atoms with Crippen LogP contribution in [0.25, 0.3) is 0 Å². The number of hydrogen-bond donors (Lipinski definition) is 1. The molecule has 0 aliphatic carbocycles. The molecule has 1 aromatic rings. The Morgan fingerprint density at radius 2 is 2.06 bits per heavy atom. The molecule has 1 rings (SSSR count). The summed E-state index contributed by atoms with van der Waals surface area (Å²) in [6, 6.07) is 5.25. The lowest BCUT2D eigenvalue weighted by Gasteiger charge is -2.28. The summed E-state index contributed by atoms with van der Waals surface area (Å²) >= 11 is 0. The van der Waals surface area contributed by atoms with Crippen molar-refractivity contribution in [2.45, 2.75) is 20.4 Å². The van der Waals surface area contributed by atoms with Gasteiger partial charge in [0.25, 0.3) is 5.56 Å². The molecule has 4 heteroatoms. The molecular formula is C14H25N3O. The molecule has 0 bridgehead atoms. The Balaban J connectivity index is 2.31. The Morgan fingerprint density at radius 1 is 1.33 bits per heavy atom. The summed E-state index contributed by atoms with van der Waals surface area (Å²) in [4.78, 5) is 13.7. The molecule has 0 amide bonds. The van der Waals surface area contributed by atoms with Crippen LogP contribution in [-0.2, 0) is 6.54 Å². The molecule has 0 unspecified atom stereocenters. The normalized spacial score (nSPS) is 12.1. The summed E-state index contributed by atoms with van der Waals surface area (Å²) in [6.07, 6.45) is 1.83. The summed E-state index contributed by atoms with van der Waals surface area (Å²) in [7, 11) is 4.18. The highest BCUT2D eigenvalue weighted by Gasteiger charge is 2.17. The number of hydrogen-bond acceptors (Lipinski definition) is 3. The van der Waals surface area contributed by atoms with E-state index in [1.165, 1.54) is 0 Å². The standard InChI is InChI=1S/C14H25N3O/c1-14(2,12-16(3)4)11-15-8-10-17-9-6-5-7-13(17)18/h5-7,9,15H,8,10-12H2,1-4H3. The fourth-order valence-corrected chi connectivity index (χ4v) is 2.18. The van der Waals surface area contributed by atoms with Crippen molar-refractivity contribution in [3.63, 3.8) is 0 Å². The fourth-order valence-electron chi connectivity index (χ4n) is 2.18. The number of aromatic nitrogens is 1. The van der Waals surface area contributed by atoms with Gasteiger partial charge in [0.1, 0.15) is 0 Å². The Morgan fingerprint density at radius 3 is 2.67 bits per heavy atom. The maximum atomic E-state index is 11.5. The minimum Gasteiger partial charge on any atom is -0.314 e. The molecule has 0 saturated heterocycles. The van der Waals surface area contributed by atoms with Crippen molar-refractivity contribution in [3.8, 4) is 0 Å². The highest BCUT2D eigenvalue weighted by molar-refractivity contribution is 4.93. The van der Waals surface area contributed by atoms with Crippen LogP contribution in [0.15, 0.2) is 29.2 Å². The molecule has 1 heterocycles. The second-order valence-electron chi connectivity index (χ2n) is 5.81. The summed E-state index contributed by atoms with van der Waals surface area (Å²) < 4.78 is 1.73. The average Bonchev–Trinajstić information content (AvgIpc) is 2.25. The van der Waals surface area contributed by atoms with Crippen molar-refractivity contribution in [2.24, 2.45) is 5.41 Å². The van der Waals surface area contributed by atoms with E-state index >= 15 is 0 Å². The predicted molar refractivity (Wildman–Crippen MR) is 75.9 cm³/mol. The lowest BCUT2D eigenvalue weighted by atomic mass is 9.93. The Kier molecular flexibility index (Phi) is 5.56. The molecule has 0 atom stereocenters. The predicted octanol–water partition coefficient (Wildman–Crippen LogP) is 1.03. The quantitative estimate of drug-likeness (QED) is 0.735. The van der Waals surface area contributed by atoms with Crippen LogP contribution in [-0.4, -0.2) is 43.2 Å². The van der Waals surface area contributed by atoms with Crippen LogP contribution in [0.2, 0.25) is 0 Å². The molecule has 4 nitrogen and oxygen atoms in total. The molecule has 1 aromatic heterocycles. The van der Waals surface area contributed by atoms with E-state index in [0.717, 1.165) is 26.2 Å². The molecule has 18 heavy (non-hydrogen) atoms. The van der Waals surface area contributed by atoms with Gasteiger partial charge in [0, 0.05) is 38.4 Å². The third kappa shape index (κ3) is 5.47. The second-order valence-corrected chi connectivity index (χ2v) is 5.81. The SMILES string of the molecule is CN(C)CC(C)(C)CNCCn1ccccc1=O. The van der Waals surface area contributed by atoms with Gasteiger partial charge >= 0.3 is 0 Å². The van der Waals surface area contributed by atoms with E-state index in [1.54, 1.807) is 16.7 Å². The van der Waals surface area contributed by atoms with E-state index in [-0.39, 0.29) is 11.0 Å². The monoisotopic (exact) mass is 251 g/mol. The first-order valence-corrected chi connectivity index (χ1v) is 6.42. The van der Waals surface area contributed by atoms with E-state index in [0.29, 0.717) is 0 Å². The van der Waals surface area contributed by atoms with Crippen LogP contribution in [0.5, 0.6) is 0 Å². The molecule has 0 saturated carbocycles. The molecule has 0 aromatic carbocycles. The highest BCUT2D eigenvalue weighted by Crippen LogP contribution is 2.13. The van der Waals surface area contributed by atoms with Gasteiger partial charge < -0.3 is 14.8 Å². The Hall–Kier alpha value is -1.13. The minimum atomic E-state index is 0.0619. The topological polar surface area (TPSA) is 37.3 Å². The Labute approximate surface area is 110 Å². The smallest absolute Gasteiger partial charge is 0.250 e. The van der Waals surface area contributed by atoms with Crippen molar-refractivity contribution >= 4 is 0 Å². The first kappa shape index (κ1) is 14.9. The van der Waals surface area contributed by atoms with E-state index in [9.17, 15) is 4.79 Å². The zero-order valence-corrected chi connectivity index (χ0v) is 11.9. The first-order valence-electron chi connectivity index (χ1n) is 6.42. The number of pyridine rings is 1. The van der Waals surface area contributed by atoms with Crippen LogP contribution in [0.3, 0.4) is 0 Å². The van der Waals surface area contributed by atoms with Gasteiger partial charge in [-0.15, -0.1) is 0 Å². The summed E-state index contributed by atoms with van der Waals surface area (Å²) in [5.74, 6) is 0. The molecule has 0 fully saturated rings. The summed E-state index contributed by atoms with van der Waals surface area (Å²) in [6.45, 7) is 8.03. The van der Waals surface area contributed by atoms with Crippen molar-refractivity contribution in [2.75, 3.05) is 33.7 Å². The van der Waals surface area contributed by atoms with Gasteiger partial charge in [-0.05, 0) is 25.6 Å². The number of rotatable bonds is 7. The maximum absolute atomic E-state index is 11.5. The van der Waals surface area contributed by atoms with Crippen molar-refractivity contribution in [3.05, 3.63) is 34.7 Å². The van der Waals surface area contributed by atoms with E-state index in [2.05, 4.69) is 38.2 Å². The van der Waals surface area contributed by atoms with Gasteiger partial charge in [-0.25, -0.2) is 0 Å². The van der Waals surface area contributed by atoms with Crippen LogP contribution in [0.4, 0.5) is 0 Å². The van der Waals surface area contributed by atoms with Crippen molar-refractivity contribution in [1.82, 2.24) is 14.8 Å². The van der Waals surface area contributed by atoms with Crippen molar-refractivity contribution in [1.29, 1.82) is 0 Å². The summed E-state index contributed by atoms with van der Waals surface area (Å²) in [5.41, 5.74) is 0.303. The molecule has 1 N–H and O–H groups in total. The zero-order chi connectivity index (χ0) is 13.6. The third-order valence-electron chi connectivity index (χ3n) is 2.78. The van der Waals surface area contributed by atoms with Crippen LogP contribution < -0.4 is 10.9 Å². The minimum absolute atomic E-state index is 0.0619. The van der Waals surface area contributed by atoms with Gasteiger partial charge in [-0.1, -0.05) is 19.9 Å².